The van der Waals surface area contributed by atoms with Crippen LogP contribution in [0, 0.1) is 0 Å². The monoisotopic (exact) mass is 584 g/mol. The van der Waals surface area contributed by atoms with Crippen molar-refractivity contribution in [3.63, 3.8) is 0 Å². The summed E-state index contributed by atoms with van der Waals surface area (Å²) < 4.78 is 82.8. The summed E-state index contributed by atoms with van der Waals surface area (Å²) in [6.07, 6.45) is 0. The zero-order valence-electron chi connectivity index (χ0n) is 16.6. The van der Waals surface area contributed by atoms with Crippen LogP contribution in [0.2, 0.25) is 0 Å². The van der Waals surface area contributed by atoms with Crippen LogP contribution in [0.3, 0.4) is 0 Å². The van der Waals surface area contributed by atoms with Crippen LogP contribution >= 0.6 is 21.4 Å². The van der Waals surface area contributed by atoms with Crippen LogP contribution < -0.4 is 20.6 Å². The molecule has 35 heavy (non-hydrogen) atoms. The molecule has 0 saturated heterocycles. The van der Waals surface area contributed by atoms with Gasteiger partial charge in [-0.05, 0) is 44.2 Å². The Balaban J connectivity index is 1.70. The molecular formula is C16H10Cl2N4O10S3+2. The third-order valence-corrected chi connectivity index (χ3v) is 8.77. The number of aromatic amines is 2. The van der Waals surface area contributed by atoms with E-state index in [2.05, 4.69) is 19.6 Å². The molecule has 19 heteroatoms. The molecular weight excluding hydrogens is 575 g/mol. The first-order valence-corrected chi connectivity index (χ1v) is 14.9. The van der Waals surface area contributed by atoms with Crippen molar-refractivity contribution in [2.75, 3.05) is 0 Å². The lowest BCUT2D eigenvalue weighted by Gasteiger charge is -2.04. The zero-order chi connectivity index (χ0) is 25.8. The smallest absolute Gasteiger partial charge is 0.281 e. The van der Waals surface area contributed by atoms with Gasteiger partial charge in [-0.1, -0.05) is 0 Å². The lowest BCUT2D eigenvalue weighted by atomic mass is 10.3. The predicted molar refractivity (Wildman–Crippen MR) is 113 cm³/mol. The van der Waals surface area contributed by atoms with Gasteiger partial charge in [0.1, 0.15) is 0 Å². The van der Waals surface area contributed by atoms with Crippen LogP contribution in [0.15, 0.2) is 87.0 Å². The lowest BCUT2D eigenvalue weighted by molar-refractivity contribution is -0.705. The van der Waals surface area contributed by atoms with Crippen molar-refractivity contribution in [1.29, 1.82) is 0 Å². The highest BCUT2D eigenvalue weighted by atomic mass is 35.7. The molecule has 4 aromatic rings. The number of rotatable bonds is 6. The minimum absolute atomic E-state index is 0.0273. The molecule has 0 unspecified atom stereocenters. The SMILES string of the molecule is O=c1o[nH][n+](-c2ccc(S(=O)(=O)c3ccc(-[n+]4[nH]oc(=O)c4S(=O)(=O)Cl)cc3)cc2)c1S(=O)(=O)Cl. The molecule has 0 bridgehead atoms. The van der Waals surface area contributed by atoms with Gasteiger partial charge in [0.05, 0.1) is 9.79 Å². The van der Waals surface area contributed by atoms with Crippen LogP contribution in [0.1, 0.15) is 0 Å². The highest BCUT2D eigenvalue weighted by Crippen LogP contribution is 2.22. The molecule has 0 saturated carbocycles. The molecule has 2 heterocycles. The first-order chi connectivity index (χ1) is 16.2. The third kappa shape index (κ3) is 4.55. The molecule has 0 aliphatic carbocycles. The van der Waals surface area contributed by atoms with Crippen LogP contribution in [0.25, 0.3) is 11.4 Å². The molecule has 0 spiro atoms. The second-order valence-electron chi connectivity index (χ2n) is 6.61. The van der Waals surface area contributed by atoms with Crippen LogP contribution in [0.4, 0.5) is 0 Å². The molecule has 184 valence electrons. The van der Waals surface area contributed by atoms with E-state index < -0.39 is 49.2 Å². The summed E-state index contributed by atoms with van der Waals surface area (Å²) in [6.45, 7) is 0. The summed E-state index contributed by atoms with van der Waals surface area (Å²) in [5.74, 6) is 0. The molecule has 2 N–H and O–H groups in total. The van der Waals surface area contributed by atoms with Gasteiger partial charge in [-0.3, -0.25) is 9.05 Å². The number of sulfone groups is 1. The minimum Gasteiger partial charge on any atom is -0.281 e. The number of halogens is 2. The predicted octanol–water partition coefficient (Wildman–Crippen LogP) is -0.510. The molecule has 2 aromatic carbocycles. The number of benzene rings is 2. The van der Waals surface area contributed by atoms with E-state index in [-0.39, 0.29) is 21.2 Å². The van der Waals surface area contributed by atoms with E-state index in [1.165, 1.54) is 24.3 Å². The van der Waals surface area contributed by atoms with Crippen molar-refractivity contribution in [3.8, 4) is 11.4 Å². The molecule has 0 fully saturated rings. The first-order valence-electron chi connectivity index (χ1n) is 8.83. The Kier molecular flexibility index (Phi) is 6.00. The van der Waals surface area contributed by atoms with Crippen LogP contribution in [-0.4, -0.2) is 35.8 Å². The molecule has 4 rings (SSSR count). The molecule has 0 atom stereocenters. The van der Waals surface area contributed by atoms with Gasteiger partial charge < -0.3 is 0 Å². The summed E-state index contributed by atoms with van der Waals surface area (Å²) in [5, 5.41) is 2.30. The standard InChI is InChI=1S/C16H8Cl2N4O10S3/c17-34(27,28)13-15(23)31-19-21(13)9-1-5-11(6-2-9)33(25,26)12-7-3-10(4-8-12)22-14(35(18,29)30)16(24)32-20-22/h1-8H/p+2. The second-order valence-corrected chi connectivity index (χ2v) is 13.5. The summed E-state index contributed by atoms with van der Waals surface area (Å²) in [5.41, 5.74) is -2.45. The van der Waals surface area contributed by atoms with Gasteiger partial charge in [0.2, 0.25) is 21.2 Å². The fraction of sp³-hybridized carbons (Fsp3) is 0. The number of nitrogens with one attached hydrogen (secondary N) is 2. The molecule has 14 nitrogen and oxygen atoms in total. The molecule has 0 aliphatic heterocycles. The van der Waals surface area contributed by atoms with Crippen LogP contribution in [-0.2, 0) is 27.9 Å². The Labute approximate surface area is 203 Å². The maximum absolute atomic E-state index is 13.0. The van der Waals surface area contributed by atoms with Gasteiger partial charge in [-0.25, -0.2) is 34.8 Å². The highest BCUT2D eigenvalue weighted by molar-refractivity contribution is 8.13. The molecule has 0 radical (unpaired) electrons. The summed E-state index contributed by atoms with van der Waals surface area (Å²) in [7, 11) is -2.58. The Morgan fingerprint density at radius 1 is 0.600 bits per heavy atom. The quantitative estimate of drug-likeness (QED) is 0.219. The van der Waals surface area contributed by atoms with Crippen molar-refractivity contribution in [1.82, 2.24) is 10.5 Å². The Hall–Kier alpha value is -3.25. The maximum atomic E-state index is 13.0. The normalized spacial score (nSPS) is 12.6. The average molecular weight is 585 g/mol. The van der Waals surface area contributed by atoms with Crippen LogP contribution in [0.5, 0.6) is 0 Å². The van der Waals surface area contributed by atoms with E-state index in [1.807, 2.05) is 0 Å². The fourth-order valence-electron chi connectivity index (χ4n) is 2.97. The van der Waals surface area contributed by atoms with Crippen molar-refractivity contribution in [2.24, 2.45) is 0 Å². The molecule has 0 amide bonds. The summed E-state index contributed by atoms with van der Waals surface area (Å²) >= 11 is 0. The number of aromatic nitrogens is 4. The third-order valence-electron chi connectivity index (χ3n) is 4.49. The lowest BCUT2D eigenvalue weighted by Crippen LogP contribution is -2.39. The van der Waals surface area contributed by atoms with E-state index in [4.69, 9.17) is 21.4 Å². The number of hydrogen-bond donors (Lipinski definition) is 2. The number of hydrogen-bond acceptors (Lipinski definition) is 10. The topological polar surface area (TPSA) is 202 Å². The highest BCUT2D eigenvalue weighted by Gasteiger charge is 2.36. The van der Waals surface area contributed by atoms with Gasteiger partial charge >= 0.3 is 39.4 Å². The first kappa shape index (κ1) is 24.9. The fourth-order valence-corrected chi connectivity index (χ4v) is 6.22. The maximum Gasteiger partial charge on any atom is 0.448 e. The molecule has 0 aliphatic rings. The van der Waals surface area contributed by atoms with Gasteiger partial charge in [0, 0.05) is 45.6 Å². The number of nitrogens with zero attached hydrogens (tertiary/aromatic N) is 2. The zero-order valence-corrected chi connectivity index (χ0v) is 20.5. The van der Waals surface area contributed by atoms with Crippen molar-refractivity contribution >= 4 is 49.3 Å². The van der Waals surface area contributed by atoms with Crippen molar-refractivity contribution in [2.45, 2.75) is 19.8 Å². The van der Waals surface area contributed by atoms with Gasteiger partial charge in [0.15, 0.2) is 0 Å². The van der Waals surface area contributed by atoms with Crippen molar-refractivity contribution < 1.29 is 43.7 Å². The Morgan fingerprint density at radius 2 is 0.914 bits per heavy atom. The van der Waals surface area contributed by atoms with Gasteiger partial charge in [0.25, 0.3) is 0 Å². The summed E-state index contributed by atoms with van der Waals surface area (Å²) in [6, 6.07) is 9.35. The second kappa shape index (κ2) is 8.45. The van der Waals surface area contributed by atoms with Gasteiger partial charge in [-0.2, -0.15) is 0 Å². The Morgan fingerprint density at radius 3 is 1.20 bits per heavy atom. The van der Waals surface area contributed by atoms with Gasteiger partial charge in [-0.15, -0.1) is 0 Å². The minimum atomic E-state index is -4.49. The van der Waals surface area contributed by atoms with E-state index >= 15 is 0 Å². The average Bonchev–Trinajstić information content (AvgIpc) is 3.36. The van der Waals surface area contributed by atoms with E-state index in [1.54, 1.807) is 0 Å². The van der Waals surface area contributed by atoms with Crippen molar-refractivity contribution in [3.05, 3.63) is 69.4 Å². The number of H-pyrrole nitrogens is 2. The summed E-state index contributed by atoms with van der Waals surface area (Å²) in [4.78, 5) is 22.9. The largest absolute Gasteiger partial charge is 0.448 e. The Bertz CT molecular complexity index is 1750. The van der Waals surface area contributed by atoms with E-state index in [9.17, 15) is 34.8 Å². The van der Waals surface area contributed by atoms with E-state index in [0.717, 1.165) is 33.6 Å². The molecule has 2 aromatic heterocycles. The van der Waals surface area contributed by atoms with E-state index in [0.29, 0.717) is 0 Å².